The Kier molecular flexibility index (Phi) is 4.06. The number of amides is 1. The average Bonchev–Trinajstić information content (AvgIpc) is 2.40. The Morgan fingerprint density at radius 1 is 1.00 bits per heavy atom. The molecule has 0 aliphatic heterocycles. The third kappa shape index (κ3) is 3.14. The first-order chi connectivity index (χ1) is 8.69. The summed E-state index contributed by atoms with van der Waals surface area (Å²) in [6.07, 6.45) is 0. The summed E-state index contributed by atoms with van der Waals surface area (Å²) in [5.41, 5.74) is 2.45. The standard InChI is InChI=1S/C14H12AsNO2/c1-10-2-4-11(5-3-10)14(17)16-13-8-6-12(15-18)7-9-13/h2-9H,1H3,(H,16,17). The van der Waals surface area contributed by atoms with Gasteiger partial charge < -0.3 is 0 Å². The first kappa shape index (κ1) is 12.7. The van der Waals surface area contributed by atoms with Crippen molar-refractivity contribution >= 4 is 31.6 Å². The molecule has 0 unspecified atom stereocenters. The van der Waals surface area contributed by atoms with Crippen LogP contribution in [0.2, 0.25) is 0 Å². The Morgan fingerprint density at radius 2 is 1.61 bits per heavy atom. The second-order valence-corrected chi connectivity index (χ2v) is 5.42. The van der Waals surface area contributed by atoms with Crippen molar-refractivity contribution in [2.75, 3.05) is 5.32 Å². The van der Waals surface area contributed by atoms with Crippen LogP contribution in [0.4, 0.5) is 5.69 Å². The molecule has 0 saturated carbocycles. The molecule has 0 saturated heterocycles. The van der Waals surface area contributed by atoms with Crippen molar-refractivity contribution in [3.8, 4) is 0 Å². The van der Waals surface area contributed by atoms with E-state index in [0.717, 1.165) is 9.91 Å². The van der Waals surface area contributed by atoms with E-state index in [1.807, 2.05) is 19.1 Å². The molecule has 0 aliphatic carbocycles. The zero-order valence-corrected chi connectivity index (χ0v) is 11.8. The fraction of sp³-hybridized carbons (Fsp3) is 0.0714. The van der Waals surface area contributed by atoms with Gasteiger partial charge in [-0.15, -0.1) is 0 Å². The minimum absolute atomic E-state index is 0.141. The van der Waals surface area contributed by atoms with Crippen molar-refractivity contribution in [3.63, 3.8) is 0 Å². The molecule has 1 amide bonds. The number of aryl methyl sites for hydroxylation is 1. The molecular weight excluding hydrogens is 289 g/mol. The zero-order chi connectivity index (χ0) is 13.0. The molecule has 1 N–H and O–H groups in total. The van der Waals surface area contributed by atoms with Gasteiger partial charge in [0.25, 0.3) is 0 Å². The normalized spacial score (nSPS) is 10.3. The minimum atomic E-state index is -1.00. The van der Waals surface area contributed by atoms with E-state index in [1.165, 1.54) is 0 Å². The van der Waals surface area contributed by atoms with Gasteiger partial charge in [-0.1, -0.05) is 0 Å². The topological polar surface area (TPSA) is 46.2 Å². The SMILES string of the molecule is Cc1ccc(C(=O)Nc2ccc([As]=O)cc2)cc1. The van der Waals surface area contributed by atoms with Gasteiger partial charge >= 0.3 is 112 Å². The Labute approximate surface area is 112 Å². The van der Waals surface area contributed by atoms with E-state index in [2.05, 4.69) is 5.32 Å². The average molecular weight is 301 g/mol. The van der Waals surface area contributed by atoms with Crippen molar-refractivity contribution in [2.24, 2.45) is 0 Å². The molecule has 0 heterocycles. The van der Waals surface area contributed by atoms with Crippen LogP contribution in [-0.4, -0.2) is 21.6 Å². The molecule has 0 fully saturated rings. The summed E-state index contributed by atoms with van der Waals surface area (Å²) in [4.78, 5) is 11.9. The maximum absolute atomic E-state index is 11.9. The van der Waals surface area contributed by atoms with Crippen LogP contribution in [0.3, 0.4) is 0 Å². The van der Waals surface area contributed by atoms with Crippen LogP contribution in [0.15, 0.2) is 48.5 Å². The van der Waals surface area contributed by atoms with E-state index >= 15 is 0 Å². The van der Waals surface area contributed by atoms with Crippen LogP contribution < -0.4 is 9.67 Å². The quantitative estimate of drug-likeness (QED) is 0.881. The third-order valence-corrected chi connectivity index (χ3v) is 3.61. The number of nitrogens with one attached hydrogen (secondary N) is 1. The molecular formula is C14H12AsNO2. The van der Waals surface area contributed by atoms with Crippen molar-refractivity contribution in [2.45, 2.75) is 6.92 Å². The second kappa shape index (κ2) is 5.74. The summed E-state index contributed by atoms with van der Waals surface area (Å²) in [7, 11) is 0. The molecule has 0 bridgehead atoms. The van der Waals surface area contributed by atoms with Crippen LogP contribution in [0, 0.1) is 6.92 Å². The van der Waals surface area contributed by atoms with Crippen LogP contribution in [0.1, 0.15) is 15.9 Å². The Bertz CT molecular complexity index is 561. The van der Waals surface area contributed by atoms with E-state index in [1.54, 1.807) is 36.4 Å². The third-order valence-electron chi connectivity index (χ3n) is 2.54. The van der Waals surface area contributed by atoms with E-state index < -0.39 is 15.7 Å². The van der Waals surface area contributed by atoms with Crippen LogP contribution >= 0.6 is 0 Å². The molecule has 0 atom stereocenters. The Hall–Kier alpha value is -1.73. The number of carbonyl (C=O) groups excluding carboxylic acids is 1. The van der Waals surface area contributed by atoms with Gasteiger partial charge in [-0.25, -0.2) is 0 Å². The van der Waals surface area contributed by atoms with Gasteiger partial charge in [0.1, 0.15) is 0 Å². The molecule has 2 aromatic rings. The predicted octanol–water partition coefficient (Wildman–Crippen LogP) is 1.92. The molecule has 0 spiro atoms. The zero-order valence-electron chi connectivity index (χ0n) is 9.88. The monoisotopic (exact) mass is 301 g/mol. The van der Waals surface area contributed by atoms with Gasteiger partial charge in [-0.05, 0) is 0 Å². The first-order valence-electron chi connectivity index (χ1n) is 5.50. The fourth-order valence-electron chi connectivity index (χ4n) is 1.51. The molecule has 2 aromatic carbocycles. The summed E-state index contributed by atoms with van der Waals surface area (Å²) in [5, 5.41) is 2.80. The molecule has 90 valence electrons. The first-order valence-corrected chi connectivity index (χ1v) is 7.21. The van der Waals surface area contributed by atoms with Crippen LogP contribution in [-0.2, 0) is 3.74 Å². The summed E-state index contributed by atoms with van der Waals surface area (Å²) >= 11 is -1.00. The van der Waals surface area contributed by atoms with Gasteiger partial charge in [-0.2, -0.15) is 0 Å². The number of anilines is 1. The Balaban J connectivity index is 2.10. The van der Waals surface area contributed by atoms with Crippen molar-refractivity contribution in [3.05, 3.63) is 59.7 Å². The molecule has 0 aliphatic rings. The van der Waals surface area contributed by atoms with Gasteiger partial charge in [0.15, 0.2) is 0 Å². The molecule has 0 aromatic heterocycles. The second-order valence-electron chi connectivity index (χ2n) is 3.96. The van der Waals surface area contributed by atoms with E-state index in [4.69, 9.17) is 0 Å². The van der Waals surface area contributed by atoms with Crippen LogP contribution in [0.5, 0.6) is 0 Å². The van der Waals surface area contributed by atoms with Gasteiger partial charge in [0.2, 0.25) is 0 Å². The van der Waals surface area contributed by atoms with E-state index in [-0.39, 0.29) is 5.91 Å². The van der Waals surface area contributed by atoms with Gasteiger partial charge in [0, 0.05) is 0 Å². The molecule has 2 rings (SSSR count). The summed E-state index contributed by atoms with van der Waals surface area (Å²) < 4.78 is 11.5. The summed E-state index contributed by atoms with van der Waals surface area (Å²) in [6.45, 7) is 1.98. The number of hydrogen-bond acceptors (Lipinski definition) is 2. The summed E-state index contributed by atoms with van der Waals surface area (Å²) in [6, 6.07) is 14.4. The van der Waals surface area contributed by atoms with Crippen molar-refractivity contribution in [1.29, 1.82) is 0 Å². The van der Waals surface area contributed by atoms with E-state index in [0.29, 0.717) is 11.3 Å². The number of benzene rings is 2. The van der Waals surface area contributed by atoms with Gasteiger partial charge in [0.05, 0.1) is 0 Å². The molecule has 0 radical (unpaired) electrons. The molecule has 18 heavy (non-hydrogen) atoms. The fourth-order valence-corrected chi connectivity index (χ4v) is 2.08. The van der Waals surface area contributed by atoms with Crippen molar-refractivity contribution < 1.29 is 8.53 Å². The van der Waals surface area contributed by atoms with Crippen molar-refractivity contribution in [1.82, 2.24) is 0 Å². The number of rotatable bonds is 3. The van der Waals surface area contributed by atoms with Gasteiger partial charge in [-0.3, -0.25) is 0 Å². The number of hydrogen-bond donors (Lipinski definition) is 1. The molecule has 4 heteroatoms. The maximum atomic E-state index is 11.9. The summed E-state index contributed by atoms with van der Waals surface area (Å²) in [5.74, 6) is -0.141. The van der Waals surface area contributed by atoms with Crippen LogP contribution in [0.25, 0.3) is 0 Å². The van der Waals surface area contributed by atoms with E-state index in [9.17, 15) is 8.53 Å². The number of carbonyl (C=O) groups is 1. The predicted molar refractivity (Wildman–Crippen MR) is 71.6 cm³/mol. The molecule has 3 nitrogen and oxygen atoms in total. The Morgan fingerprint density at radius 3 is 2.17 bits per heavy atom.